The van der Waals surface area contributed by atoms with Gasteiger partial charge in [0, 0.05) is 11.6 Å². The molecule has 21 heavy (non-hydrogen) atoms. The van der Waals surface area contributed by atoms with Gasteiger partial charge in [0.05, 0.1) is 0 Å². The smallest absolute Gasteiger partial charge is 0.0359 e. The van der Waals surface area contributed by atoms with Crippen LogP contribution in [0.15, 0.2) is 0 Å². The molecule has 0 spiro atoms. The predicted molar refractivity (Wildman–Crippen MR) is 92.6 cm³/mol. The molecule has 0 heterocycles. The molecule has 0 bridgehead atoms. The second kappa shape index (κ2) is 7.46. The summed E-state index contributed by atoms with van der Waals surface area (Å²) in [5.41, 5.74) is 0.417. The lowest BCUT2D eigenvalue weighted by Gasteiger charge is -2.49. The first-order valence-electron chi connectivity index (χ1n) is 9.42. The molecule has 4 unspecified atom stereocenters. The summed E-state index contributed by atoms with van der Waals surface area (Å²) in [5.74, 6) is 2.70. The SMILES string of the molecule is CCCNC(C1CCC(C)C(C)C1)C1(N(C)C)CCCC1. The van der Waals surface area contributed by atoms with E-state index in [1.807, 2.05) is 0 Å². The molecule has 2 rings (SSSR count). The minimum absolute atomic E-state index is 0.417. The Bertz CT molecular complexity index is 307. The van der Waals surface area contributed by atoms with Gasteiger partial charge in [0.15, 0.2) is 0 Å². The number of likely N-dealkylation sites (N-methyl/N-ethyl adjacent to an activating group) is 1. The lowest BCUT2D eigenvalue weighted by atomic mass is 9.68. The molecule has 0 saturated heterocycles. The summed E-state index contributed by atoms with van der Waals surface area (Å²) in [4.78, 5) is 2.57. The van der Waals surface area contributed by atoms with E-state index in [4.69, 9.17) is 0 Å². The first-order chi connectivity index (χ1) is 10.0. The van der Waals surface area contributed by atoms with Crippen LogP contribution in [0.1, 0.15) is 72.1 Å². The Morgan fingerprint density at radius 3 is 2.29 bits per heavy atom. The number of nitrogens with one attached hydrogen (secondary N) is 1. The molecule has 2 nitrogen and oxygen atoms in total. The third-order valence-electron chi connectivity index (χ3n) is 6.66. The maximum absolute atomic E-state index is 4.00. The lowest BCUT2D eigenvalue weighted by molar-refractivity contribution is 0.0453. The third-order valence-corrected chi connectivity index (χ3v) is 6.66. The van der Waals surface area contributed by atoms with Gasteiger partial charge >= 0.3 is 0 Å². The van der Waals surface area contributed by atoms with Crippen molar-refractivity contribution in [3.63, 3.8) is 0 Å². The van der Waals surface area contributed by atoms with Crippen LogP contribution in [0.4, 0.5) is 0 Å². The maximum Gasteiger partial charge on any atom is 0.0359 e. The number of hydrogen-bond acceptors (Lipinski definition) is 2. The standard InChI is InChI=1S/C19H38N2/c1-6-13-20-18(17-10-9-15(2)16(3)14-17)19(21(4)5)11-7-8-12-19/h15-18,20H,6-14H2,1-5H3. The van der Waals surface area contributed by atoms with Crippen molar-refractivity contribution < 1.29 is 0 Å². The van der Waals surface area contributed by atoms with Crippen molar-refractivity contribution in [3.8, 4) is 0 Å². The van der Waals surface area contributed by atoms with Crippen LogP contribution < -0.4 is 5.32 Å². The zero-order valence-electron chi connectivity index (χ0n) is 15.1. The highest BCUT2D eigenvalue weighted by molar-refractivity contribution is 5.05. The molecule has 1 N–H and O–H groups in total. The topological polar surface area (TPSA) is 15.3 Å². The fourth-order valence-electron chi connectivity index (χ4n) is 5.01. The van der Waals surface area contributed by atoms with Crippen LogP contribution in [-0.2, 0) is 0 Å². The summed E-state index contributed by atoms with van der Waals surface area (Å²) in [7, 11) is 4.64. The van der Waals surface area contributed by atoms with Gasteiger partial charge in [-0.05, 0) is 70.5 Å². The van der Waals surface area contributed by atoms with E-state index in [0.717, 1.165) is 17.8 Å². The number of nitrogens with zero attached hydrogens (tertiary/aromatic N) is 1. The van der Waals surface area contributed by atoms with Gasteiger partial charge in [0.1, 0.15) is 0 Å². The normalized spacial score (nSPS) is 34.3. The van der Waals surface area contributed by atoms with Crippen molar-refractivity contribution in [2.24, 2.45) is 17.8 Å². The quantitative estimate of drug-likeness (QED) is 0.785. The maximum atomic E-state index is 4.00. The van der Waals surface area contributed by atoms with Gasteiger partial charge in [-0.15, -0.1) is 0 Å². The highest BCUT2D eigenvalue weighted by Crippen LogP contribution is 2.44. The van der Waals surface area contributed by atoms with E-state index in [-0.39, 0.29) is 0 Å². The van der Waals surface area contributed by atoms with E-state index in [0.29, 0.717) is 11.6 Å². The molecule has 4 atom stereocenters. The number of rotatable bonds is 6. The molecule has 2 saturated carbocycles. The van der Waals surface area contributed by atoms with Crippen molar-refractivity contribution in [2.45, 2.75) is 83.7 Å². The van der Waals surface area contributed by atoms with E-state index in [9.17, 15) is 0 Å². The predicted octanol–water partition coefficient (Wildman–Crippen LogP) is 4.30. The summed E-state index contributed by atoms with van der Waals surface area (Å²) in [6.45, 7) is 8.41. The summed E-state index contributed by atoms with van der Waals surface area (Å²) in [6.07, 6.45) is 11.2. The fraction of sp³-hybridized carbons (Fsp3) is 1.00. The van der Waals surface area contributed by atoms with Crippen LogP contribution in [0.3, 0.4) is 0 Å². The molecule has 0 aromatic rings. The van der Waals surface area contributed by atoms with Crippen LogP contribution >= 0.6 is 0 Å². The summed E-state index contributed by atoms with van der Waals surface area (Å²) in [6, 6.07) is 0.699. The van der Waals surface area contributed by atoms with Gasteiger partial charge in [-0.2, -0.15) is 0 Å². The molecule has 0 amide bonds. The lowest BCUT2D eigenvalue weighted by Crippen LogP contribution is -2.61. The van der Waals surface area contributed by atoms with Gasteiger partial charge in [-0.3, -0.25) is 0 Å². The highest BCUT2D eigenvalue weighted by atomic mass is 15.2. The van der Waals surface area contributed by atoms with Crippen LogP contribution in [0.5, 0.6) is 0 Å². The van der Waals surface area contributed by atoms with Crippen LogP contribution in [0.2, 0.25) is 0 Å². The summed E-state index contributed by atoms with van der Waals surface area (Å²) < 4.78 is 0. The van der Waals surface area contributed by atoms with Crippen LogP contribution in [0, 0.1) is 17.8 Å². The Balaban J connectivity index is 2.16. The zero-order valence-corrected chi connectivity index (χ0v) is 15.1. The molecule has 0 aromatic carbocycles. The first-order valence-corrected chi connectivity index (χ1v) is 9.42. The van der Waals surface area contributed by atoms with Gasteiger partial charge < -0.3 is 10.2 Å². The molecule has 0 radical (unpaired) electrons. The van der Waals surface area contributed by atoms with E-state index in [1.54, 1.807) is 0 Å². The molecule has 2 aliphatic carbocycles. The monoisotopic (exact) mass is 294 g/mol. The Kier molecular flexibility index (Phi) is 6.14. The van der Waals surface area contributed by atoms with Crippen molar-refractivity contribution >= 4 is 0 Å². The fourth-order valence-corrected chi connectivity index (χ4v) is 5.01. The molecule has 124 valence electrons. The molecule has 2 aliphatic rings. The first kappa shape index (κ1) is 17.3. The van der Waals surface area contributed by atoms with E-state index >= 15 is 0 Å². The van der Waals surface area contributed by atoms with Crippen molar-refractivity contribution in [1.82, 2.24) is 10.2 Å². The largest absolute Gasteiger partial charge is 0.312 e. The van der Waals surface area contributed by atoms with Gasteiger partial charge in [0.2, 0.25) is 0 Å². The highest BCUT2D eigenvalue weighted by Gasteiger charge is 2.47. The minimum atomic E-state index is 0.417. The molecular formula is C19H38N2. The van der Waals surface area contributed by atoms with Crippen LogP contribution in [0.25, 0.3) is 0 Å². The van der Waals surface area contributed by atoms with E-state index < -0.39 is 0 Å². The van der Waals surface area contributed by atoms with Crippen molar-refractivity contribution in [3.05, 3.63) is 0 Å². The zero-order chi connectivity index (χ0) is 15.5. The Labute approximate surface area is 133 Å². The molecular weight excluding hydrogens is 256 g/mol. The van der Waals surface area contributed by atoms with Gasteiger partial charge in [-0.25, -0.2) is 0 Å². The van der Waals surface area contributed by atoms with Crippen molar-refractivity contribution in [1.29, 1.82) is 0 Å². The van der Waals surface area contributed by atoms with Crippen molar-refractivity contribution in [2.75, 3.05) is 20.6 Å². The third kappa shape index (κ3) is 3.64. The van der Waals surface area contributed by atoms with Gasteiger partial charge in [0.25, 0.3) is 0 Å². The van der Waals surface area contributed by atoms with E-state index in [1.165, 1.54) is 57.9 Å². The second-order valence-corrected chi connectivity index (χ2v) is 8.16. The minimum Gasteiger partial charge on any atom is -0.312 e. The Hall–Kier alpha value is -0.0800. The summed E-state index contributed by atoms with van der Waals surface area (Å²) >= 11 is 0. The van der Waals surface area contributed by atoms with Crippen LogP contribution in [-0.4, -0.2) is 37.1 Å². The van der Waals surface area contributed by atoms with E-state index in [2.05, 4.69) is 45.1 Å². The molecule has 0 aromatic heterocycles. The molecule has 2 heteroatoms. The Morgan fingerprint density at radius 2 is 1.76 bits per heavy atom. The van der Waals surface area contributed by atoms with Gasteiger partial charge in [-0.1, -0.05) is 40.0 Å². The average Bonchev–Trinajstić information content (AvgIpc) is 2.94. The Morgan fingerprint density at radius 1 is 1.10 bits per heavy atom. The molecule has 0 aliphatic heterocycles. The molecule has 2 fully saturated rings. The number of hydrogen-bond donors (Lipinski definition) is 1. The summed E-state index contributed by atoms with van der Waals surface area (Å²) in [5, 5.41) is 4.00. The second-order valence-electron chi connectivity index (χ2n) is 8.16. The average molecular weight is 295 g/mol.